The molecule has 0 saturated carbocycles. The average Bonchev–Trinajstić information content (AvgIpc) is 1.46. The largest absolute Gasteiger partial charge is 0.509 e. The lowest BCUT2D eigenvalue weighted by atomic mass is 9.73. The van der Waals surface area contributed by atoms with Crippen molar-refractivity contribution in [2.75, 3.05) is 48.5 Å². The van der Waals surface area contributed by atoms with Gasteiger partial charge in [-0.05, 0) is 152 Å². The number of nitrogens with zero attached hydrogens (tertiary/aromatic N) is 2. The molecule has 0 aliphatic carbocycles. The van der Waals surface area contributed by atoms with E-state index in [0.29, 0.717) is 25.7 Å². The zero-order valence-electron chi connectivity index (χ0n) is 67.9. The lowest BCUT2D eigenvalue weighted by Crippen LogP contribution is -2.60. The van der Waals surface area contributed by atoms with Crippen molar-refractivity contribution in [2.24, 2.45) is 47.3 Å². The van der Waals surface area contributed by atoms with Gasteiger partial charge in [-0.3, -0.25) is 28.8 Å². The van der Waals surface area contributed by atoms with Gasteiger partial charge >= 0.3 is 36.4 Å². The van der Waals surface area contributed by atoms with E-state index in [1.165, 1.54) is 27.7 Å². The van der Waals surface area contributed by atoms with Crippen molar-refractivity contribution in [1.29, 1.82) is 0 Å². The first-order valence-corrected chi connectivity index (χ1v) is 38.4. The number of hydrogen-bond donors (Lipinski definition) is 5. The monoisotopic (exact) mass is 1550 g/mol. The Labute approximate surface area is 647 Å². The van der Waals surface area contributed by atoms with Crippen molar-refractivity contribution in [3.05, 3.63) is 77.9 Å². The number of aliphatic hydroxyl groups excluding tert-OH is 3. The van der Waals surface area contributed by atoms with Gasteiger partial charge in [0.05, 0.1) is 30.9 Å². The Morgan fingerprint density at radius 2 is 0.927 bits per heavy atom. The van der Waals surface area contributed by atoms with Gasteiger partial charge in [0.2, 0.25) is 0 Å². The molecule has 0 unspecified atom stereocenters. The van der Waals surface area contributed by atoms with Crippen molar-refractivity contribution in [2.45, 2.75) is 270 Å². The number of aryl methyl sites for hydroxylation is 1. The predicted molar refractivity (Wildman–Crippen MR) is 401 cm³/mol. The van der Waals surface area contributed by atoms with Crippen LogP contribution in [0.2, 0.25) is 0 Å². The first-order chi connectivity index (χ1) is 51.6. The molecular formula is C81H122N4O25. The molecule has 29 heteroatoms. The molecule has 6 saturated heterocycles. The van der Waals surface area contributed by atoms with E-state index in [9.17, 15) is 58.2 Å². The van der Waals surface area contributed by atoms with Gasteiger partial charge < -0.3 is 92.6 Å². The van der Waals surface area contributed by atoms with Crippen LogP contribution in [0.1, 0.15) is 167 Å². The minimum atomic E-state index is -1.78. The van der Waals surface area contributed by atoms with E-state index in [4.69, 9.17) is 61.9 Å². The molecule has 2 amide bonds. The zero-order chi connectivity index (χ0) is 82.2. The van der Waals surface area contributed by atoms with Gasteiger partial charge in [-0.25, -0.2) is 19.2 Å². The minimum Gasteiger partial charge on any atom is -0.458 e. The summed E-state index contributed by atoms with van der Waals surface area (Å²) in [6, 6.07) is 16.6. The van der Waals surface area contributed by atoms with Crippen LogP contribution < -0.4 is 10.6 Å². The quantitative estimate of drug-likeness (QED) is 0.0427. The van der Waals surface area contributed by atoms with Gasteiger partial charge in [0.25, 0.3) is 0 Å². The molecule has 0 radical (unpaired) electrons. The van der Waals surface area contributed by atoms with Crippen LogP contribution in [0.5, 0.6) is 0 Å². The van der Waals surface area contributed by atoms with E-state index in [-0.39, 0.29) is 74.8 Å². The molecule has 110 heavy (non-hydrogen) atoms. The van der Waals surface area contributed by atoms with Crippen LogP contribution in [0.3, 0.4) is 0 Å². The van der Waals surface area contributed by atoms with E-state index >= 15 is 0 Å². The van der Waals surface area contributed by atoms with Crippen LogP contribution in [-0.4, -0.2) is 241 Å². The third-order valence-corrected chi connectivity index (χ3v) is 22.6. The molecule has 0 aromatic heterocycles. The second kappa shape index (κ2) is 39.8. The third kappa shape index (κ3) is 22.0. The Hall–Kier alpha value is -7.48. The summed E-state index contributed by atoms with van der Waals surface area (Å²) in [6.45, 7) is 25.9. The lowest BCUT2D eigenvalue weighted by Gasteiger charge is -2.46. The number of fused-ring (bicyclic) bond motifs is 2. The maximum Gasteiger partial charge on any atom is 0.509 e. The number of hydrogen-bond acceptors (Lipinski definition) is 27. The van der Waals surface area contributed by atoms with Gasteiger partial charge in [-0.1, -0.05) is 122 Å². The van der Waals surface area contributed by atoms with Crippen molar-refractivity contribution >= 4 is 65.6 Å². The number of benzene rings is 2. The number of alkyl carbamates (subject to hydrolysis) is 2. The number of Topliss-reactive ketones (excluding diaryl/α,β-unsaturated/α-hetero) is 4. The first-order valence-electron chi connectivity index (χ1n) is 38.4. The van der Waals surface area contributed by atoms with E-state index in [1.807, 2.05) is 113 Å². The molecular weight excluding hydrogens is 1430 g/mol. The summed E-state index contributed by atoms with van der Waals surface area (Å²) in [5.41, 5.74) is -4.44. The summed E-state index contributed by atoms with van der Waals surface area (Å²) < 4.78 is 71.8. The van der Waals surface area contributed by atoms with E-state index in [0.717, 1.165) is 18.2 Å². The molecule has 0 spiro atoms. The molecule has 26 atom stereocenters. The highest BCUT2D eigenvalue weighted by Crippen LogP contribution is 2.44. The van der Waals surface area contributed by atoms with Gasteiger partial charge in [0, 0.05) is 54.7 Å². The predicted octanol–water partition coefficient (Wildman–Crippen LogP) is 8.92. The fourth-order valence-corrected chi connectivity index (χ4v) is 16.6. The normalized spacial score (nSPS) is 37.5. The summed E-state index contributed by atoms with van der Waals surface area (Å²) in [5.74, 6) is -11.9. The third-order valence-electron chi connectivity index (χ3n) is 22.6. The Morgan fingerprint density at radius 3 is 1.31 bits per heavy atom. The van der Waals surface area contributed by atoms with Crippen molar-refractivity contribution in [1.82, 2.24) is 20.4 Å². The number of nitrogens with one attached hydrogen (secondary N) is 2. The summed E-state index contributed by atoms with van der Waals surface area (Å²) in [6.07, 6.45) is -8.26. The van der Waals surface area contributed by atoms with E-state index < -0.39 is 179 Å². The number of amides is 2. The Morgan fingerprint density at radius 1 is 0.545 bits per heavy atom. The number of esters is 2. The summed E-state index contributed by atoms with van der Waals surface area (Å²) in [5, 5.41) is 35.5. The molecule has 6 aliphatic heterocycles. The smallest absolute Gasteiger partial charge is 0.458 e. The molecule has 2 aromatic carbocycles. The minimum absolute atomic E-state index is 0.0310. The number of rotatable bonds is 17. The van der Waals surface area contributed by atoms with Crippen LogP contribution in [-0.2, 0) is 92.0 Å². The standard InChI is InChI=1S/C40H60N2O12.C40H58N2O12.CH4O/c2*1-11-29-40(8)33(41-37(47)53-40)24(4)30(43)22(2)21-39(7,54-38(48)49-19-15-18-27-16-13-12-14-17-27)34(25(5)31(44)26(6)35(46)51-29)52-36-32(45)28(42(9)10)20-23(3)50-36;1-2/h12-14,16-17,22-26,28-29,32-34,36,45H,11,15,18-21H2,1-10H3,(H,41,47);12-18,22-26,28-29,32-34,36,45H,11,19-21H2,1-10H3,(H,41,47);2H,1H3/b;18-15+;/t2*22-,23-,24+,25+,26-,28+,29-,32-,33-,34-,36+,39-,40-;/m11./s1. The van der Waals surface area contributed by atoms with Crippen LogP contribution >= 0.6 is 0 Å². The van der Waals surface area contributed by atoms with Gasteiger partial charge in [-0.15, -0.1) is 0 Å². The van der Waals surface area contributed by atoms with E-state index in [1.54, 1.807) is 81.4 Å². The summed E-state index contributed by atoms with van der Waals surface area (Å²) in [7, 11) is 8.29. The van der Waals surface area contributed by atoms with Crippen LogP contribution in [0.15, 0.2) is 66.7 Å². The number of ether oxygens (including phenoxy) is 12. The maximum atomic E-state index is 14.3. The fraction of sp³-hybridized carbons (Fsp3) is 0.704. The van der Waals surface area contributed by atoms with Crippen molar-refractivity contribution < 1.29 is 120 Å². The van der Waals surface area contributed by atoms with Gasteiger partial charge in [-0.2, -0.15) is 0 Å². The van der Waals surface area contributed by atoms with Crippen molar-refractivity contribution in [3.63, 3.8) is 0 Å². The molecule has 29 nitrogen and oxygen atoms in total. The molecule has 6 heterocycles. The topological polar surface area (TPSA) is 373 Å². The van der Waals surface area contributed by atoms with Crippen LogP contribution in [0.25, 0.3) is 6.08 Å². The molecule has 616 valence electrons. The number of likely N-dealkylation sites (N-methyl/N-ethyl adjacent to an activating group) is 2. The molecule has 6 fully saturated rings. The Kier molecular flexibility index (Phi) is 33.1. The van der Waals surface area contributed by atoms with Gasteiger partial charge in [0.15, 0.2) is 35.3 Å². The number of carbonyl (C=O) groups excluding carboxylic acids is 10. The van der Waals surface area contributed by atoms with Crippen LogP contribution in [0, 0.1) is 47.3 Å². The second-order valence-corrected chi connectivity index (χ2v) is 31.6. The molecule has 8 rings (SSSR count). The zero-order valence-corrected chi connectivity index (χ0v) is 67.9. The fourth-order valence-electron chi connectivity index (χ4n) is 16.6. The number of carbonyl (C=O) groups is 10. The molecule has 2 aromatic rings. The van der Waals surface area contributed by atoms with Gasteiger partial charge in [0.1, 0.15) is 77.8 Å². The molecule has 0 bridgehead atoms. The number of aliphatic hydroxyl groups is 3. The Bertz CT molecular complexity index is 3470. The number of cyclic esters (lactones) is 2. The number of ketones is 4. The molecule has 6 aliphatic rings. The van der Waals surface area contributed by atoms with Crippen LogP contribution in [0.4, 0.5) is 19.2 Å². The SMILES string of the molecule is CC[C@H]1OC(=O)[C@H](C)C(=O)[C@H](C)[C@@H](O[C@@H]2O[C@H](C)C[C@H](N(C)C)[C@H]2O)[C@](C)(OC(=O)OC/C=C/c2ccccc2)C[C@@H](C)C(=O)[C@H](C)[C@H]2NC(=O)O[C@@]21C.CC[C@H]1OC(=O)[C@H](C)C(=O)[C@H](C)[C@@H](O[C@@H]2O[C@H](C)C[C@H](N(C)C)[C@H]2O)[C@](C)(OC(=O)OCCCc2ccccc2)C[C@@H](C)C(=O)[C@H](C)[C@H]2NC(=O)O[C@@]21C.CO. The first kappa shape index (κ1) is 91.4. The second-order valence-electron chi connectivity index (χ2n) is 31.6. The highest BCUT2D eigenvalue weighted by Gasteiger charge is 2.61. The lowest BCUT2D eigenvalue weighted by molar-refractivity contribution is -0.293. The Balaban J connectivity index is 0.000000336. The summed E-state index contributed by atoms with van der Waals surface area (Å²) >= 11 is 0. The highest BCUT2D eigenvalue weighted by atomic mass is 16.8. The molecule has 5 N–H and O–H groups in total. The maximum absolute atomic E-state index is 14.3. The van der Waals surface area contributed by atoms with Crippen molar-refractivity contribution in [3.8, 4) is 0 Å². The highest BCUT2D eigenvalue weighted by molar-refractivity contribution is 6.01. The van der Waals surface area contributed by atoms with E-state index in [2.05, 4.69) is 10.6 Å². The average molecular weight is 1550 g/mol. The summed E-state index contributed by atoms with van der Waals surface area (Å²) in [4.78, 5) is 141.